The fourth-order valence-electron chi connectivity index (χ4n) is 2.76. The molecule has 0 bridgehead atoms. The van der Waals surface area contributed by atoms with Crippen LogP contribution in [0.25, 0.3) is 0 Å². The Morgan fingerprint density at radius 1 is 1.36 bits per heavy atom. The summed E-state index contributed by atoms with van der Waals surface area (Å²) in [5, 5.41) is 8.58. The van der Waals surface area contributed by atoms with Crippen LogP contribution in [0.1, 0.15) is 33.1 Å². The van der Waals surface area contributed by atoms with E-state index in [1.165, 1.54) is 11.9 Å². The van der Waals surface area contributed by atoms with Crippen molar-refractivity contribution < 1.29 is 14.4 Å². The van der Waals surface area contributed by atoms with Crippen molar-refractivity contribution in [3.8, 4) is 0 Å². The summed E-state index contributed by atoms with van der Waals surface area (Å²) in [5.41, 5.74) is 0. The third-order valence-corrected chi connectivity index (χ3v) is 4.14. The number of amides is 4. The largest absolute Gasteiger partial charge is 0.343 e. The third kappa shape index (κ3) is 6.24. The summed E-state index contributed by atoms with van der Waals surface area (Å²) in [7, 11) is 1.22. The molecule has 0 unspecified atom stereocenters. The van der Waals surface area contributed by atoms with Gasteiger partial charge in [0.05, 0.1) is 11.3 Å². The van der Waals surface area contributed by atoms with E-state index in [-0.39, 0.29) is 5.92 Å². The number of nitrogens with zero attached hydrogens (tertiary/aromatic N) is 3. The zero-order valence-electron chi connectivity index (χ0n) is 14.8. The molecule has 2 atom stereocenters. The number of carbonyl (C=O) groups excluding carboxylic acids is 3. The minimum atomic E-state index is -0.784. The maximum atomic E-state index is 12.4. The van der Waals surface area contributed by atoms with Gasteiger partial charge in [0.25, 0.3) is 0 Å². The molecule has 2 N–H and O–H groups in total. The predicted molar refractivity (Wildman–Crippen MR) is 93.8 cm³/mol. The van der Waals surface area contributed by atoms with Gasteiger partial charge in [0, 0.05) is 26.0 Å². The van der Waals surface area contributed by atoms with Crippen LogP contribution in [0, 0.1) is 10.8 Å². The first-order chi connectivity index (χ1) is 11.8. The molecule has 0 aliphatic carbocycles. The van der Waals surface area contributed by atoms with Gasteiger partial charge < -0.3 is 10.2 Å². The van der Waals surface area contributed by atoms with E-state index in [1.807, 2.05) is 13.8 Å². The van der Waals surface area contributed by atoms with Crippen LogP contribution in [-0.4, -0.2) is 65.9 Å². The van der Waals surface area contributed by atoms with E-state index in [9.17, 15) is 19.3 Å². The molecule has 9 nitrogen and oxygen atoms in total. The number of carbonyl (C=O) groups is 3. The van der Waals surface area contributed by atoms with Crippen LogP contribution in [-0.2, 0) is 9.59 Å². The highest BCUT2D eigenvalue weighted by atomic mass is 35.5. The van der Waals surface area contributed by atoms with Crippen molar-refractivity contribution in [3.05, 3.63) is 4.91 Å². The monoisotopic (exact) mass is 375 g/mol. The van der Waals surface area contributed by atoms with Gasteiger partial charge in [0.2, 0.25) is 11.8 Å². The van der Waals surface area contributed by atoms with E-state index >= 15 is 0 Å². The molecule has 0 aromatic rings. The second-order valence-electron chi connectivity index (χ2n) is 6.42. The van der Waals surface area contributed by atoms with Crippen LogP contribution < -0.4 is 10.6 Å². The fraction of sp³-hybridized carbons (Fsp3) is 0.800. The summed E-state index contributed by atoms with van der Waals surface area (Å²) < 4.78 is 0. The summed E-state index contributed by atoms with van der Waals surface area (Å²) >= 11 is 5.65. The fourth-order valence-corrected chi connectivity index (χ4v) is 2.87. The van der Waals surface area contributed by atoms with Gasteiger partial charge in [-0.1, -0.05) is 13.8 Å². The number of imide groups is 1. The Hall–Kier alpha value is -1.74. The predicted octanol–water partition coefficient (Wildman–Crippen LogP) is 1.07. The van der Waals surface area contributed by atoms with E-state index in [0.29, 0.717) is 43.2 Å². The zero-order chi connectivity index (χ0) is 19.0. The molecule has 1 saturated heterocycles. The van der Waals surface area contributed by atoms with Gasteiger partial charge in [-0.3, -0.25) is 14.9 Å². The molecule has 1 aliphatic rings. The molecule has 142 valence electrons. The summed E-state index contributed by atoms with van der Waals surface area (Å²) in [6, 6.07) is -1.97. The van der Waals surface area contributed by atoms with Crippen LogP contribution in [0.3, 0.4) is 0 Å². The smallest absolute Gasteiger partial charge is 0.311 e. The van der Waals surface area contributed by atoms with Gasteiger partial charge in [0.15, 0.2) is 0 Å². The first-order valence-electron chi connectivity index (χ1n) is 8.33. The summed E-state index contributed by atoms with van der Waals surface area (Å²) in [6.45, 7) is 4.74. The van der Waals surface area contributed by atoms with Crippen molar-refractivity contribution >= 4 is 29.4 Å². The van der Waals surface area contributed by atoms with Gasteiger partial charge in [-0.05, 0) is 25.2 Å². The van der Waals surface area contributed by atoms with Crippen molar-refractivity contribution in [3.63, 3.8) is 0 Å². The Balaban J connectivity index is 2.72. The lowest BCUT2D eigenvalue weighted by atomic mass is 10.0. The van der Waals surface area contributed by atoms with Gasteiger partial charge >= 0.3 is 6.03 Å². The van der Waals surface area contributed by atoms with E-state index in [0.717, 1.165) is 0 Å². The lowest BCUT2D eigenvalue weighted by Gasteiger charge is -2.26. The van der Waals surface area contributed by atoms with Crippen LogP contribution in [0.2, 0.25) is 0 Å². The highest BCUT2D eigenvalue weighted by Gasteiger charge is 2.37. The molecule has 0 radical (unpaired) electrons. The van der Waals surface area contributed by atoms with Gasteiger partial charge in [0.1, 0.15) is 6.04 Å². The van der Waals surface area contributed by atoms with Crippen molar-refractivity contribution in [2.24, 2.45) is 11.2 Å². The summed E-state index contributed by atoms with van der Waals surface area (Å²) in [4.78, 5) is 48.7. The highest BCUT2D eigenvalue weighted by molar-refractivity contribution is 6.18. The van der Waals surface area contributed by atoms with Gasteiger partial charge in [-0.15, -0.1) is 16.5 Å². The van der Waals surface area contributed by atoms with Crippen LogP contribution in [0.15, 0.2) is 5.29 Å². The number of hydrogen-bond donors (Lipinski definition) is 2. The van der Waals surface area contributed by atoms with E-state index in [4.69, 9.17) is 11.6 Å². The molecule has 0 aromatic carbocycles. The lowest BCUT2D eigenvalue weighted by Crippen LogP contribution is -2.54. The SMILES string of the molecule is CC(C)C[C@H](NCCCl)C(=O)NC(=O)[C@@H]1CCCN1C(=O)N(C)N=O. The first-order valence-corrected chi connectivity index (χ1v) is 8.86. The first kappa shape index (κ1) is 21.3. The van der Waals surface area contributed by atoms with E-state index < -0.39 is 29.9 Å². The number of nitroso groups, excluding NO2 is 1. The van der Waals surface area contributed by atoms with Crippen molar-refractivity contribution in [2.45, 2.75) is 45.2 Å². The van der Waals surface area contributed by atoms with Gasteiger partial charge in [-0.2, -0.15) is 5.01 Å². The van der Waals surface area contributed by atoms with Crippen LogP contribution in [0.4, 0.5) is 4.79 Å². The second-order valence-corrected chi connectivity index (χ2v) is 6.80. The van der Waals surface area contributed by atoms with E-state index in [1.54, 1.807) is 0 Å². The maximum absolute atomic E-state index is 12.4. The molecule has 0 saturated carbocycles. The average Bonchev–Trinajstić information content (AvgIpc) is 3.06. The molecule has 0 spiro atoms. The molecular weight excluding hydrogens is 350 g/mol. The lowest BCUT2D eigenvalue weighted by molar-refractivity contribution is -0.134. The Kier molecular flexibility index (Phi) is 8.77. The maximum Gasteiger partial charge on any atom is 0.343 e. The number of halogens is 1. The minimum absolute atomic E-state index is 0.255. The zero-order valence-corrected chi connectivity index (χ0v) is 15.6. The molecule has 0 aromatic heterocycles. The summed E-state index contributed by atoms with van der Waals surface area (Å²) in [6.07, 6.45) is 1.60. The Bertz CT molecular complexity index is 502. The van der Waals surface area contributed by atoms with E-state index in [2.05, 4.69) is 15.9 Å². The normalized spacial score (nSPS) is 18.1. The molecule has 1 aliphatic heterocycles. The number of nitrogens with one attached hydrogen (secondary N) is 2. The minimum Gasteiger partial charge on any atom is -0.311 e. The Morgan fingerprint density at radius 2 is 2.04 bits per heavy atom. The van der Waals surface area contributed by atoms with Crippen LogP contribution >= 0.6 is 11.6 Å². The number of alkyl halides is 1. The molecule has 1 rings (SSSR count). The van der Waals surface area contributed by atoms with Crippen molar-refractivity contribution in [1.29, 1.82) is 0 Å². The standard InChI is InChI=1S/C15H26ClN5O4/c1-10(2)9-11(17-7-6-16)13(22)18-14(23)12-5-4-8-21(12)15(24)20(3)19-25/h10-12,17H,4-9H2,1-3H3,(H,18,22,23)/t11-,12-/m0/s1. The van der Waals surface area contributed by atoms with Crippen LogP contribution in [0.5, 0.6) is 0 Å². The Morgan fingerprint density at radius 3 is 2.60 bits per heavy atom. The topological polar surface area (TPSA) is 111 Å². The van der Waals surface area contributed by atoms with Crippen molar-refractivity contribution in [1.82, 2.24) is 20.5 Å². The number of hydrogen-bond acceptors (Lipinski definition) is 6. The molecule has 4 amide bonds. The third-order valence-electron chi connectivity index (χ3n) is 3.96. The second kappa shape index (κ2) is 10.3. The number of urea groups is 1. The average molecular weight is 376 g/mol. The molecular formula is C15H26ClN5O4. The number of rotatable bonds is 8. The molecule has 1 heterocycles. The number of likely N-dealkylation sites (tertiary alicyclic amines) is 1. The Labute approximate surface area is 152 Å². The quantitative estimate of drug-likeness (QED) is 0.374. The summed E-state index contributed by atoms with van der Waals surface area (Å²) in [5.74, 6) is -0.377. The molecule has 1 fully saturated rings. The molecule has 25 heavy (non-hydrogen) atoms. The highest BCUT2D eigenvalue weighted by Crippen LogP contribution is 2.19. The van der Waals surface area contributed by atoms with Gasteiger partial charge in [-0.25, -0.2) is 4.79 Å². The van der Waals surface area contributed by atoms with Crippen molar-refractivity contribution in [2.75, 3.05) is 26.0 Å². The molecule has 10 heteroatoms.